The molecule has 1 rings (SSSR count). The maximum absolute atomic E-state index is 11.5. The van der Waals surface area contributed by atoms with Gasteiger partial charge in [0.1, 0.15) is 12.7 Å². The van der Waals surface area contributed by atoms with Crippen molar-refractivity contribution in [3.8, 4) is 0 Å². The lowest BCUT2D eigenvalue weighted by atomic mass is 9.98. The molecule has 1 fully saturated rings. The summed E-state index contributed by atoms with van der Waals surface area (Å²) in [6.45, 7) is 2.38. The zero-order chi connectivity index (χ0) is 15.3. The Hall–Kier alpha value is -0.870. The standard InChI is InChI=1S/C17H30O4/c1-2-3-4-5-9-12-17(19)21-14-15(18)13-20-16-10-7-6-8-11-16/h3-4,15-16,18H,2,5-14H2,1H3. The molecule has 0 saturated heterocycles. The largest absolute Gasteiger partial charge is 0.463 e. The zero-order valence-corrected chi connectivity index (χ0v) is 13.3. The van der Waals surface area contributed by atoms with E-state index in [4.69, 9.17) is 9.47 Å². The van der Waals surface area contributed by atoms with Crippen molar-refractivity contribution in [3.05, 3.63) is 12.2 Å². The highest BCUT2D eigenvalue weighted by Crippen LogP contribution is 2.20. The first-order valence-electron chi connectivity index (χ1n) is 8.32. The molecule has 0 aromatic carbocycles. The molecule has 0 spiro atoms. The Labute approximate surface area is 128 Å². The molecule has 0 aromatic rings. The third kappa shape index (κ3) is 9.64. The normalized spacial score (nSPS) is 18.0. The van der Waals surface area contributed by atoms with Gasteiger partial charge in [0.05, 0.1) is 12.7 Å². The number of aliphatic hydroxyl groups excluding tert-OH is 1. The lowest BCUT2D eigenvalue weighted by Gasteiger charge is -2.23. The van der Waals surface area contributed by atoms with Crippen molar-refractivity contribution >= 4 is 5.97 Å². The fourth-order valence-corrected chi connectivity index (χ4v) is 2.44. The summed E-state index contributed by atoms with van der Waals surface area (Å²) in [6, 6.07) is 0. The van der Waals surface area contributed by atoms with Crippen molar-refractivity contribution in [2.75, 3.05) is 13.2 Å². The SMILES string of the molecule is CCC=CCCCC(=O)OCC(O)COC1CCCCC1. The summed E-state index contributed by atoms with van der Waals surface area (Å²) in [6.07, 6.45) is 12.7. The number of aliphatic hydroxyl groups is 1. The Morgan fingerprint density at radius 1 is 1.24 bits per heavy atom. The maximum Gasteiger partial charge on any atom is 0.305 e. The Morgan fingerprint density at radius 2 is 2.00 bits per heavy atom. The topological polar surface area (TPSA) is 55.8 Å². The van der Waals surface area contributed by atoms with Crippen LogP contribution in [0, 0.1) is 0 Å². The first kappa shape index (κ1) is 18.2. The highest BCUT2D eigenvalue weighted by molar-refractivity contribution is 5.69. The number of carbonyl (C=O) groups is 1. The van der Waals surface area contributed by atoms with Crippen LogP contribution in [0.2, 0.25) is 0 Å². The summed E-state index contributed by atoms with van der Waals surface area (Å²) in [7, 11) is 0. The number of allylic oxidation sites excluding steroid dienone is 2. The second-order valence-corrected chi connectivity index (χ2v) is 5.70. The Bertz CT molecular complexity index is 295. The molecule has 0 aromatic heterocycles. The molecule has 0 bridgehead atoms. The number of esters is 1. The Morgan fingerprint density at radius 3 is 2.71 bits per heavy atom. The average molecular weight is 298 g/mol. The van der Waals surface area contributed by atoms with Crippen LogP contribution in [0.3, 0.4) is 0 Å². The minimum atomic E-state index is -0.712. The van der Waals surface area contributed by atoms with Crippen molar-refractivity contribution < 1.29 is 19.4 Å². The Balaban J connectivity index is 1.99. The molecule has 0 amide bonds. The predicted molar refractivity (Wildman–Crippen MR) is 83.1 cm³/mol. The van der Waals surface area contributed by atoms with E-state index in [-0.39, 0.29) is 25.3 Å². The van der Waals surface area contributed by atoms with Crippen molar-refractivity contribution in [2.24, 2.45) is 0 Å². The van der Waals surface area contributed by atoms with E-state index < -0.39 is 6.10 Å². The highest BCUT2D eigenvalue weighted by Gasteiger charge is 2.16. The van der Waals surface area contributed by atoms with Crippen LogP contribution in [-0.2, 0) is 14.3 Å². The predicted octanol–water partition coefficient (Wildman–Crippen LogP) is 3.38. The second kappa shape index (κ2) is 11.8. The minimum absolute atomic E-state index is 0.0380. The van der Waals surface area contributed by atoms with E-state index in [0.29, 0.717) is 6.42 Å². The number of hydrogen-bond acceptors (Lipinski definition) is 4. The smallest absolute Gasteiger partial charge is 0.305 e. The molecule has 122 valence electrons. The monoisotopic (exact) mass is 298 g/mol. The van der Waals surface area contributed by atoms with Gasteiger partial charge < -0.3 is 14.6 Å². The lowest BCUT2D eigenvalue weighted by Crippen LogP contribution is -2.27. The van der Waals surface area contributed by atoms with E-state index in [9.17, 15) is 9.90 Å². The quantitative estimate of drug-likeness (QED) is 0.382. The zero-order valence-electron chi connectivity index (χ0n) is 13.3. The number of carbonyl (C=O) groups excluding carboxylic acids is 1. The van der Waals surface area contributed by atoms with Gasteiger partial charge >= 0.3 is 5.97 Å². The molecule has 1 aliphatic carbocycles. The van der Waals surface area contributed by atoms with E-state index in [2.05, 4.69) is 19.1 Å². The van der Waals surface area contributed by atoms with Crippen molar-refractivity contribution in [1.29, 1.82) is 0 Å². The fraction of sp³-hybridized carbons (Fsp3) is 0.824. The molecule has 1 saturated carbocycles. The lowest BCUT2D eigenvalue weighted by molar-refractivity contribution is -0.148. The number of unbranched alkanes of at least 4 members (excludes halogenated alkanes) is 1. The van der Waals surface area contributed by atoms with Crippen molar-refractivity contribution in [1.82, 2.24) is 0 Å². The number of ether oxygens (including phenoxy) is 2. The van der Waals surface area contributed by atoms with Gasteiger partial charge in [-0.25, -0.2) is 0 Å². The van der Waals surface area contributed by atoms with Crippen LogP contribution in [0.15, 0.2) is 12.2 Å². The average Bonchev–Trinajstić information content (AvgIpc) is 2.51. The highest BCUT2D eigenvalue weighted by atomic mass is 16.5. The molecular formula is C17H30O4. The van der Waals surface area contributed by atoms with Gasteiger partial charge in [-0.05, 0) is 32.1 Å². The molecule has 1 aliphatic rings. The van der Waals surface area contributed by atoms with Gasteiger partial charge in [0.2, 0.25) is 0 Å². The van der Waals surface area contributed by atoms with Crippen LogP contribution in [0.25, 0.3) is 0 Å². The van der Waals surface area contributed by atoms with Gasteiger partial charge in [-0.1, -0.05) is 38.3 Å². The van der Waals surface area contributed by atoms with E-state index in [1.807, 2.05) is 0 Å². The van der Waals surface area contributed by atoms with Crippen molar-refractivity contribution in [2.45, 2.75) is 76.9 Å². The molecule has 1 N–H and O–H groups in total. The van der Waals surface area contributed by atoms with Crippen LogP contribution in [0.5, 0.6) is 0 Å². The summed E-state index contributed by atoms with van der Waals surface area (Å²) in [4.78, 5) is 11.5. The molecule has 1 unspecified atom stereocenters. The van der Waals surface area contributed by atoms with Gasteiger partial charge in [0, 0.05) is 6.42 Å². The van der Waals surface area contributed by atoms with Gasteiger partial charge in [-0.15, -0.1) is 0 Å². The molecule has 1 atom stereocenters. The third-order valence-corrected chi connectivity index (χ3v) is 3.67. The third-order valence-electron chi connectivity index (χ3n) is 3.67. The van der Waals surface area contributed by atoms with E-state index in [0.717, 1.165) is 32.1 Å². The molecule has 4 nitrogen and oxygen atoms in total. The minimum Gasteiger partial charge on any atom is -0.463 e. The van der Waals surface area contributed by atoms with Gasteiger partial charge in [0.15, 0.2) is 0 Å². The first-order valence-corrected chi connectivity index (χ1v) is 8.32. The van der Waals surface area contributed by atoms with Crippen LogP contribution < -0.4 is 0 Å². The van der Waals surface area contributed by atoms with Gasteiger partial charge in [-0.2, -0.15) is 0 Å². The van der Waals surface area contributed by atoms with Gasteiger partial charge in [0.25, 0.3) is 0 Å². The van der Waals surface area contributed by atoms with E-state index in [1.165, 1.54) is 19.3 Å². The maximum atomic E-state index is 11.5. The summed E-state index contributed by atoms with van der Waals surface area (Å²) in [5.74, 6) is -0.239. The van der Waals surface area contributed by atoms with Crippen LogP contribution in [0.4, 0.5) is 0 Å². The molecule has 0 aliphatic heterocycles. The summed E-state index contributed by atoms with van der Waals surface area (Å²) < 4.78 is 10.7. The fourth-order valence-electron chi connectivity index (χ4n) is 2.44. The van der Waals surface area contributed by atoms with Crippen LogP contribution in [0.1, 0.15) is 64.7 Å². The molecular weight excluding hydrogens is 268 g/mol. The van der Waals surface area contributed by atoms with Crippen molar-refractivity contribution in [3.63, 3.8) is 0 Å². The summed E-state index contributed by atoms with van der Waals surface area (Å²) >= 11 is 0. The molecule has 4 heteroatoms. The molecule has 21 heavy (non-hydrogen) atoms. The number of rotatable bonds is 10. The van der Waals surface area contributed by atoms with Gasteiger partial charge in [-0.3, -0.25) is 4.79 Å². The van der Waals surface area contributed by atoms with Crippen LogP contribution in [-0.4, -0.2) is 36.5 Å². The first-order chi connectivity index (χ1) is 10.2. The molecule has 0 heterocycles. The van der Waals surface area contributed by atoms with E-state index >= 15 is 0 Å². The van der Waals surface area contributed by atoms with E-state index in [1.54, 1.807) is 0 Å². The molecule has 0 radical (unpaired) electrons. The second-order valence-electron chi connectivity index (χ2n) is 5.70. The van der Waals surface area contributed by atoms with Crippen LogP contribution >= 0.6 is 0 Å². The summed E-state index contributed by atoms with van der Waals surface area (Å²) in [5.41, 5.74) is 0. The number of hydrogen-bond donors (Lipinski definition) is 1. The Kier molecular flexibility index (Phi) is 10.2. The summed E-state index contributed by atoms with van der Waals surface area (Å²) in [5, 5.41) is 9.76.